The number of hydrogen-bond donors (Lipinski definition) is 3. The fourth-order valence-electron chi connectivity index (χ4n) is 0.725. The van der Waals surface area contributed by atoms with Gasteiger partial charge in [-0.05, 0) is 13.0 Å². The summed E-state index contributed by atoms with van der Waals surface area (Å²) >= 11 is 0. The number of carboxylic acids is 2. The molecule has 0 aromatic rings. The molecule has 64 valence electrons. The Morgan fingerprint density at radius 3 is 2.18 bits per heavy atom. The molecular formula is C6H11NO4. The van der Waals surface area contributed by atoms with Gasteiger partial charge in [-0.25, -0.2) is 0 Å². The van der Waals surface area contributed by atoms with Crippen LogP contribution < -0.4 is 5.73 Å². The van der Waals surface area contributed by atoms with Crippen LogP contribution in [0.25, 0.3) is 0 Å². The zero-order valence-electron chi connectivity index (χ0n) is 5.99. The van der Waals surface area contributed by atoms with Gasteiger partial charge in [0.05, 0.1) is 12.3 Å². The molecule has 0 saturated carbocycles. The van der Waals surface area contributed by atoms with Gasteiger partial charge in [0.1, 0.15) is 0 Å². The highest BCUT2D eigenvalue weighted by atomic mass is 16.4. The van der Waals surface area contributed by atoms with E-state index in [1.807, 2.05) is 0 Å². The lowest BCUT2D eigenvalue weighted by Gasteiger charge is -2.06. The van der Waals surface area contributed by atoms with E-state index in [1.165, 1.54) is 0 Å². The molecular weight excluding hydrogens is 150 g/mol. The Balaban J connectivity index is 3.89. The van der Waals surface area contributed by atoms with Gasteiger partial charge in [-0.15, -0.1) is 0 Å². The summed E-state index contributed by atoms with van der Waals surface area (Å²) < 4.78 is 0. The monoisotopic (exact) mass is 161 g/mol. The normalized spacial score (nSPS) is 12.5. The van der Waals surface area contributed by atoms with Gasteiger partial charge in [0.15, 0.2) is 0 Å². The standard InChI is InChI=1S/C6H11NO4/c7-2-1-4(6(10)11)3-5(8)9/h4H,1-3,7H2,(H,8,9)(H,10,11). The number of hydrogen-bond acceptors (Lipinski definition) is 3. The third kappa shape index (κ3) is 4.32. The van der Waals surface area contributed by atoms with Gasteiger partial charge in [-0.2, -0.15) is 0 Å². The van der Waals surface area contributed by atoms with Crippen LogP contribution in [0.15, 0.2) is 0 Å². The van der Waals surface area contributed by atoms with E-state index in [4.69, 9.17) is 15.9 Å². The smallest absolute Gasteiger partial charge is 0.307 e. The molecule has 1 atom stereocenters. The van der Waals surface area contributed by atoms with Gasteiger partial charge in [0.2, 0.25) is 0 Å². The Morgan fingerprint density at radius 1 is 1.36 bits per heavy atom. The lowest BCUT2D eigenvalue weighted by atomic mass is 10.0. The summed E-state index contributed by atoms with van der Waals surface area (Å²) in [4.78, 5) is 20.4. The van der Waals surface area contributed by atoms with E-state index in [0.29, 0.717) is 0 Å². The van der Waals surface area contributed by atoms with Gasteiger partial charge in [0, 0.05) is 0 Å². The number of carboxylic acid groups (broad SMARTS) is 2. The van der Waals surface area contributed by atoms with Gasteiger partial charge in [-0.3, -0.25) is 9.59 Å². The average molecular weight is 161 g/mol. The van der Waals surface area contributed by atoms with Crippen molar-refractivity contribution in [3.63, 3.8) is 0 Å². The average Bonchev–Trinajstić information content (AvgIpc) is 1.86. The molecule has 0 radical (unpaired) electrons. The second-order valence-corrected chi connectivity index (χ2v) is 2.21. The maximum absolute atomic E-state index is 10.3. The molecule has 0 saturated heterocycles. The van der Waals surface area contributed by atoms with Gasteiger partial charge in [0.25, 0.3) is 0 Å². The predicted octanol–water partition coefficient (Wildman–Crippen LogP) is -0.489. The highest BCUT2D eigenvalue weighted by Gasteiger charge is 2.19. The minimum atomic E-state index is -1.11. The molecule has 0 aliphatic heterocycles. The number of nitrogens with two attached hydrogens (primary N) is 1. The SMILES string of the molecule is NCCC(CC(=O)O)C(=O)O. The number of aliphatic carboxylic acids is 2. The molecule has 0 aliphatic rings. The number of rotatable bonds is 5. The van der Waals surface area contributed by atoms with Crippen LogP contribution in [0.5, 0.6) is 0 Å². The van der Waals surface area contributed by atoms with Crippen molar-refractivity contribution < 1.29 is 19.8 Å². The van der Waals surface area contributed by atoms with Crippen LogP contribution in [0.2, 0.25) is 0 Å². The van der Waals surface area contributed by atoms with E-state index >= 15 is 0 Å². The minimum Gasteiger partial charge on any atom is -0.481 e. The van der Waals surface area contributed by atoms with Crippen LogP contribution in [-0.4, -0.2) is 28.7 Å². The lowest BCUT2D eigenvalue weighted by Crippen LogP contribution is -2.20. The lowest BCUT2D eigenvalue weighted by molar-refractivity contribution is -0.148. The van der Waals surface area contributed by atoms with Crippen molar-refractivity contribution in [1.82, 2.24) is 0 Å². The maximum atomic E-state index is 10.3. The van der Waals surface area contributed by atoms with Crippen molar-refractivity contribution in [3.05, 3.63) is 0 Å². The number of carbonyl (C=O) groups is 2. The van der Waals surface area contributed by atoms with E-state index in [2.05, 4.69) is 0 Å². The van der Waals surface area contributed by atoms with Crippen LogP contribution in [0, 0.1) is 5.92 Å². The maximum Gasteiger partial charge on any atom is 0.307 e. The van der Waals surface area contributed by atoms with Crippen LogP contribution >= 0.6 is 0 Å². The molecule has 0 heterocycles. The molecule has 0 amide bonds. The zero-order valence-corrected chi connectivity index (χ0v) is 5.99. The minimum absolute atomic E-state index is 0.199. The largest absolute Gasteiger partial charge is 0.481 e. The first-order chi connectivity index (χ1) is 5.07. The van der Waals surface area contributed by atoms with Crippen LogP contribution in [0.4, 0.5) is 0 Å². The van der Waals surface area contributed by atoms with Crippen molar-refractivity contribution in [2.24, 2.45) is 11.7 Å². The van der Waals surface area contributed by atoms with Crippen molar-refractivity contribution in [2.45, 2.75) is 12.8 Å². The summed E-state index contributed by atoms with van der Waals surface area (Å²) in [7, 11) is 0. The molecule has 5 nitrogen and oxygen atoms in total. The second-order valence-electron chi connectivity index (χ2n) is 2.21. The molecule has 0 aromatic heterocycles. The summed E-state index contributed by atoms with van der Waals surface area (Å²) in [6, 6.07) is 0. The first kappa shape index (κ1) is 9.90. The molecule has 0 aliphatic carbocycles. The van der Waals surface area contributed by atoms with E-state index < -0.39 is 17.9 Å². The Labute approximate surface area is 63.8 Å². The summed E-state index contributed by atoms with van der Waals surface area (Å²) in [5, 5.41) is 16.7. The highest BCUT2D eigenvalue weighted by molar-refractivity contribution is 5.77. The molecule has 0 spiro atoms. The van der Waals surface area contributed by atoms with Crippen molar-refractivity contribution >= 4 is 11.9 Å². The summed E-state index contributed by atoms with van der Waals surface area (Å²) in [5.74, 6) is -3.05. The molecule has 5 heteroatoms. The third-order valence-corrected chi connectivity index (χ3v) is 1.29. The van der Waals surface area contributed by atoms with E-state index in [9.17, 15) is 9.59 Å². The van der Waals surface area contributed by atoms with Gasteiger partial charge < -0.3 is 15.9 Å². The third-order valence-electron chi connectivity index (χ3n) is 1.29. The quantitative estimate of drug-likeness (QED) is 0.505. The molecule has 0 bridgehead atoms. The van der Waals surface area contributed by atoms with Gasteiger partial charge in [-0.1, -0.05) is 0 Å². The topological polar surface area (TPSA) is 101 Å². The zero-order chi connectivity index (χ0) is 8.85. The van der Waals surface area contributed by atoms with E-state index in [1.54, 1.807) is 0 Å². The molecule has 0 aromatic carbocycles. The van der Waals surface area contributed by atoms with Crippen LogP contribution in [-0.2, 0) is 9.59 Å². The fourth-order valence-corrected chi connectivity index (χ4v) is 0.725. The Bertz CT molecular complexity index is 157. The highest BCUT2D eigenvalue weighted by Crippen LogP contribution is 2.07. The Morgan fingerprint density at radius 2 is 1.91 bits per heavy atom. The van der Waals surface area contributed by atoms with E-state index in [-0.39, 0.29) is 19.4 Å². The van der Waals surface area contributed by atoms with Crippen LogP contribution in [0.1, 0.15) is 12.8 Å². The molecule has 0 fully saturated rings. The Hall–Kier alpha value is -1.10. The van der Waals surface area contributed by atoms with Crippen molar-refractivity contribution in [2.75, 3.05) is 6.54 Å². The van der Waals surface area contributed by atoms with Crippen LogP contribution in [0.3, 0.4) is 0 Å². The second kappa shape index (κ2) is 4.68. The first-order valence-corrected chi connectivity index (χ1v) is 3.22. The molecule has 4 N–H and O–H groups in total. The fraction of sp³-hybridized carbons (Fsp3) is 0.667. The van der Waals surface area contributed by atoms with Gasteiger partial charge >= 0.3 is 11.9 Å². The summed E-state index contributed by atoms with van der Waals surface area (Å²) in [5.41, 5.74) is 5.09. The first-order valence-electron chi connectivity index (χ1n) is 3.22. The molecule has 11 heavy (non-hydrogen) atoms. The molecule has 1 unspecified atom stereocenters. The van der Waals surface area contributed by atoms with Crippen molar-refractivity contribution in [3.8, 4) is 0 Å². The predicted molar refractivity (Wildman–Crippen MR) is 37.0 cm³/mol. The molecule has 0 rings (SSSR count). The van der Waals surface area contributed by atoms with Crippen molar-refractivity contribution in [1.29, 1.82) is 0 Å². The van der Waals surface area contributed by atoms with E-state index in [0.717, 1.165) is 0 Å². The Kier molecular flexibility index (Phi) is 4.21. The summed E-state index contributed by atoms with van der Waals surface area (Å²) in [6.07, 6.45) is -0.145. The summed E-state index contributed by atoms with van der Waals surface area (Å²) in [6.45, 7) is 0.199.